The van der Waals surface area contributed by atoms with E-state index in [0.717, 1.165) is 13.0 Å². The summed E-state index contributed by atoms with van der Waals surface area (Å²) in [6, 6.07) is 4.23. The van der Waals surface area contributed by atoms with Crippen LogP contribution in [0.1, 0.15) is 45.7 Å². The first-order valence-corrected chi connectivity index (χ1v) is 6.49. The van der Waals surface area contributed by atoms with Crippen LogP contribution < -0.4 is 4.90 Å². The Hall–Kier alpha value is -1.63. The van der Waals surface area contributed by atoms with E-state index in [1.54, 1.807) is 12.3 Å². The van der Waals surface area contributed by atoms with Gasteiger partial charge in [0.1, 0.15) is 11.8 Å². The van der Waals surface area contributed by atoms with E-state index >= 15 is 0 Å². The van der Waals surface area contributed by atoms with Gasteiger partial charge >= 0.3 is 0 Å². The molecule has 0 radical (unpaired) electrons. The van der Waals surface area contributed by atoms with Crippen molar-refractivity contribution >= 4 is 5.95 Å². The normalized spacial score (nSPS) is 19.9. The van der Waals surface area contributed by atoms with E-state index < -0.39 is 0 Å². The summed E-state index contributed by atoms with van der Waals surface area (Å²) in [5.41, 5.74) is 0.751. The van der Waals surface area contributed by atoms with Crippen molar-refractivity contribution in [2.24, 2.45) is 5.41 Å². The number of anilines is 1. The Labute approximate surface area is 109 Å². The maximum atomic E-state index is 8.90. The summed E-state index contributed by atoms with van der Waals surface area (Å²) in [6.07, 6.45) is 5.18. The van der Waals surface area contributed by atoms with Crippen molar-refractivity contribution in [3.63, 3.8) is 0 Å². The number of rotatable bonds is 2. The standard InChI is InChI=1S/C14H20N4/c1-14(2,3)9-12-5-4-8-18(12)13-16-7-6-11(10-15)17-13/h6-7,12H,4-5,8-9H2,1-3H3. The largest absolute Gasteiger partial charge is 0.338 e. The number of nitriles is 1. The van der Waals surface area contributed by atoms with Gasteiger partial charge in [0, 0.05) is 18.8 Å². The summed E-state index contributed by atoms with van der Waals surface area (Å²) < 4.78 is 0. The molecule has 18 heavy (non-hydrogen) atoms. The van der Waals surface area contributed by atoms with Gasteiger partial charge in [-0.3, -0.25) is 0 Å². The second-order valence-electron chi connectivity index (χ2n) is 6.11. The highest BCUT2D eigenvalue weighted by Crippen LogP contribution is 2.31. The fraction of sp³-hybridized carbons (Fsp3) is 0.643. The number of hydrogen-bond donors (Lipinski definition) is 0. The summed E-state index contributed by atoms with van der Waals surface area (Å²) in [5.74, 6) is 0.709. The van der Waals surface area contributed by atoms with Crippen molar-refractivity contribution < 1.29 is 0 Å². The Morgan fingerprint density at radius 2 is 2.28 bits per heavy atom. The predicted molar refractivity (Wildman–Crippen MR) is 71.2 cm³/mol. The van der Waals surface area contributed by atoms with Gasteiger partial charge < -0.3 is 4.90 Å². The van der Waals surface area contributed by atoms with Crippen molar-refractivity contribution in [2.45, 2.75) is 46.1 Å². The van der Waals surface area contributed by atoms with Crippen molar-refractivity contribution in [1.29, 1.82) is 5.26 Å². The Bertz CT molecular complexity index is 456. The Morgan fingerprint density at radius 3 is 2.94 bits per heavy atom. The molecule has 0 bridgehead atoms. The number of hydrogen-bond acceptors (Lipinski definition) is 4. The Balaban J connectivity index is 2.18. The molecule has 0 saturated carbocycles. The van der Waals surface area contributed by atoms with Crippen molar-refractivity contribution in [3.8, 4) is 6.07 Å². The highest BCUT2D eigenvalue weighted by molar-refractivity contribution is 5.36. The van der Waals surface area contributed by atoms with Crippen molar-refractivity contribution in [2.75, 3.05) is 11.4 Å². The van der Waals surface area contributed by atoms with Gasteiger partial charge in [0.15, 0.2) is 0 Å². The predicted octanol–water partition coefficient (Wildman–Crippen LogP) is 2.75. The average Bonchev–Trinajstić information content (AvgIpc) is 2.75. The number of aromatic nitrogens is 2. The van der Waals surface area contributed by atoms with E-state index in [0.29, 0.717) is 23.1 Å². The highest BCUT2D eigenvalue weighted by atomic mass is 15.3. The topological polar surface area (TPSA) is 52.8 Å². The van der Waals surface area contributed by atoms with E-state index in [2.05, 4.69) is 41.7 Å². The fourth-order valence-corrected chi connectivity index (χ4v) is 2.57. The van der Waals surface area contributed by atoms with Gasteiger partial charge in [0.2, 0.25) is 5.95 Å². The molecule has 1 aromatic heterocycles. The number of nitrogens with zero attached hydrogens (tertiary/aromatic N) is 4. The third-order valence-electron chi connectivity index (χ3n) is 3.24. The molecular formula is C14H20N4. The maximum Gasteiger partial charge on any atom is 0.226 e. The molecule has 2 rings (SSSR count). The molecule has 1 fully saturated rings. The van der Waals surface area contributed by atoms with Crippen molar-refractivity contribution in [1.82, 2.24) is 9.97 Å². The van der Waals surface area contributed by atoms with Crippen LogP contribution >= 0.6 is 0 Å². The zero-order chi connectivity index (χ0) is 13.2. The molecular weight excluding hydrogens is 224 g/mol. The smallest absolute Gasteiger partial charge is 0.226 e. The molecule has 0 amide bonds. The van der Waals surface area contributed by atoms with Gasteiger partial charge in [-0.15, -0.1) is 0 Å². The van der Waals surface area contributed by atoms with E-state index in [1.165, 1.54) is 12.8 Å². The molecule has 0 aliphatic carbocycles. The molecule has 1 aromatic rings. The summed E-state index contributed by atoms with van der Waals surface area (Å²) in [4.78, 5) is 10.9. The molecule has 1 aliphatic rings. The molecule has 0 spiro atoms. The van der Waals surface area contributed by atoms with Crippen LogP contribution in [-0.2, 0) is 0 Å². The molecule has 96 valence electrons. The molecule has 1 aliphatic heterocycles. The average molecular weight is 244 g/mol. The van der Waals surface area contributed by atoms with Gasteiger partial charge in [-0.05, 0) is 30.7 Å². The third-order valence-corrected chi connectivity index (χ3v) is 3.24. The summed E-state index contributed by atoms with van der Waals surface area (Å²) in [7, 11) is 0. The van der Waals surface area contributed by atoms with E-state index in [9.17, 15) is 0 Å². The first-order valence-electron chi connectivity index (χ1n) is 6.49. The minimum Gasteiger partial charge on any atom is -0.338 e. The molecule has 4 heteroatoms. The van der Waals surface area contributed by atoms with E-state index in [4.69, 9.17) is 5.26 Å². The van der Waals surface area contributed by atoms with Gasteiger partial charge in [-0.25, -0.2) is 9.97 Å². The highest BCUT2D eigenvalue weighted by Gasteiger charge is 2.30. The quantitative estimate of drug-likeness (QED) is 0.802. The van der Waals surface area contributed by atoms with Crippen LogP contribution in [0.15, 0.2) is 12.3 Å². The molecule has 4 nitrogen and oxygen atoms in total. The lowest BCUT2D eigenvalue weighted by Crippen LogP contribution is -2.34. The molecule has 0 N–H and O–H groups in total. The first kappa shape index (κ1) is 12.8. The minimum atomic E-state index is 0.306. The lowest BCUT2D eigenvalue weighted by atomic mass is 9.87. The van der Waals surface area contributed by atoms with Crippen LogP contribution in [0.25, 0.3) is 0 Å². The van der Waals surface area contributed by atoms with Crippen molar-refractivity contribution in [3.05, 3.63) is 18.0 Å². The van der Waals surface area contributed by atoms with Crippen LogP contribution in [0.3, 0.4) is 0 Å². The lowest BCUT2D eigenvalue weighted by Gasteiger charge is -2.30. The monoisotopic (exact) mass is 244 g/mol. The van der Waals surface area contributed by atoms with Crippen LogP contribution in [0.5, 0.6) is 0 Å². The van der Waals surface area contributed by atoms with E-state index in [-0.39, 0.29) is 0 Å². The molecule has 1 atom stereocenters. The second-order valence-corrected chi connectivity index (χ2v) is 6.11. The molecule has 0 aromatic carbocycles. The van der Waals surface area contributed by atoms with E-state index in [1.807, 2.05) is 0 Å². The second kappa shape index (κ2) is 4.93. The molecule has 1 unspecified atom stereocenters. The Morgan fingerprint density at radius 1 is 1.50 bits per heavy atom. The summed E-state index contributed by atoms with van der Waals surface area (Å²) >= 11 is 0. The minimum absolute atomic E-state index is 0.306. The zero-order valence-electron chi connectivity index (χ0n) is 11.3. The zero-order valence-corrected chi connectivity index (χ0v) is 11.3. The Kier molecular flexibility index (Phi) is 3.51. The van der Waals surface area contributed by atoms with Gasteiger partial charge in [0.25, 0.3) is 0 Å². The first-order chi connectivity index (χ1) is 8.49. The summed E-state index contributed by atoms with van der Waals surface area (Å²) in [6.45, 7) is 7.78. The third kappa shape index (κ3) is 2.98. The van der Waals surface area contributed by atoms with Gasteiger partial charge in [0.05, 0.1) is 0 Å². The molecule has 1 saturated heterocycles. The van der Waals surface area contributed by atoms with Crippen LogP contribution in [-0.4, -0.2) is 22.6 Å². The SMILES string of the molecule is CC(C)(C)CC1CCCN1c1nccc(C#N)n1. The fourth-order valence-electron chi connectivity index (χ4n) is 2.57. The van der Waals surface area contributed by atoms with Gasteiger partial charge in [-0.2, -0.15) is 5.26 Å². The lowest BCUT2D eigenvalue weighted by molar-refractivity contribution is 0.338. The summed E-state index contributed by atoms with van der Waals surface area (Å²) in [5, 5.41) is 8.90. The van der Waals surface area contributed by atoms with Crippen LogP contribution in [0.2, 0.25) is 0 Å². The molecule has 2 heterocycles. The van der Waals surface area contributed by atoms with Gasteiger partial charge in [-0.1, -0.05) is 20.8 Å². The van der Waals surface area contributed by atoms with Crippen LogP contribution in [0.4, 0.5) is 5.95 Å². The maximum absolute atomic E-state index is 8.90. The van der Waals surface area contributed by atoms with Crippen LogP contribution in [0, 0.1) is 16.7 Å².